The monoisotopic (exact) mass is 325 g/mol. The van der Waals surface area contributed by atoms with Crippen molar-refractivity contribution in [2.45, 2.75) is 32.2 Å². The number of piperidine rings is 1. The van der Waals surface area contributed by atoms with Crippen LogP contribution in [0.1, 0.15) is 35.8 Å². The lowest BCUT2D eigenvalue weighted by molar-refractivity contribution is 0.198. The predicted octanol–water partition coefficient (Wildman–Crippen LogP) is 1.99. The first-order chi connectivity index (χ1) is 11.7. The fourth-order valence-electron chi connectivity index (χ4n) is 3.48. The highest BCUT2D eigenvalue weighted by atomic mass is 16.6. The summed E-state index contributed by atoms with van der Waals surface area (Å²) >= 11 is 0. The first-order valence-electron chi connectivity index (χ1n) is 8.19. The van der Waals surface area contributed by atoms with Crippen molar-refractivity contribution in [3.63, 3.8) is 0 Å². The Morgan fingerprint density at radius 3 is 3.17 bits per heavy atom. The first-order valence-corrected chi connectivity index (χ1v) is 8.19. The smallest absolute Gasteiger partial charge is 0.251 e. The number of hydrogen-bond donors (Lipinski definition) is 1. The predicted molar refractivity (Wildman–Crippen MR) is 88.7 cm³/mol. The number of hydrogen-bond acceptors (Lipinski definition) is 6. The quantitative estimate of drug-likeness (QED) is 0.792. The van der Waals surface area contributed by atoms with Crippen LogP contribution in [-0.4, -0.2) is 38.3 Å². The maximum absolute atomic E-state index is 11.7. The largest absolute Gasteiger partial charge is 0.311 e. The van der Waals surface area contributed by atoms with Gasteiger partial charge in [-0.1, -0.05) is 12.1 Å². The summed E-state index contributed by atoms with van der Waals surface area (Å²) in [5.41, 5.74) is 3.54. The molecule has 1 saturated heterocycles. The summed E-state index contributed by atoms with van der Waals surface area (Å²) in [4.78, 5) is 21.3. The van der Waals surface area contributed by atoms with Crippen molar-refractivity contribution in [3.8, 4) is 0 Å². The molecule has 2 aromatic heterocycles. The number of likely N-dealkylation sites (tertiary alicyclic amines) is 1. The van der Waals surface area contributed by atoms with Gasteiger partial charge in [0.05, 0.1) is 5.69 Å². The Hall–Kier alpha value is -2.54. The van der Waals surface area contributed by atoms with E-state index >= 15 is 0 Å². The van der Waals surface area contributed by atoms with Crippen LogP contribution in [0.2, 0.25) is 0 Å². The Kier molecular flexibility index (Phi) is 3.86. The van der Waals surface area contributed by atoms with Crippen LogP contribution in [0.15, 0.2) is 33.7 Å². The minimum Gasteiger partial charge on any atom is -0.311 e. The summed E-state index contributed by atoms with van der Waals surface area (Å²) in [6.45, 7) is 4.53. The second-order valence-corrected chi connectivity index (χ2v) is 6.38. The molecular weight excluding hydrogens is 306 g/mol. The molecule has 1 fully saturated rings. The minimum absolute atomic E-state index is 0.0759. The summed E-state index contributed by atoms with van der Waals surface area (Å²) in [5, 5.41) is 7.92. The second kappa shape index (κ2) is 6.16. The Labute approximate surface area is 138 Å². The maximum atomic E-state index is 11.7. The Balaban J connectivity index is 1.54. The van der Waals surface area contributed by atoms with Crippen LogP contribution in [0, 0.1) is 6.92 Å². The van der Waals surface area contributed by atoms with Gasteiger partial charge in [0.2, 0.25) is 0 Å². The fourth-order valence-corrected chi connectivity index (χ4v) is 3.48. The molecule has 0 radical (unpaired) electrons. The molecule has 4 rings (SSSR count). The topological polar surface area (TPSA) is 87.9 Å². The molecule has 124 valence electrons. The third-order valence-corrected chi connectivity index (χ3v) is 4.57. The zero-order chi connectivity index (χ0) is 16.5. The zero-order valence-corrected chi connectivity index (χ0v) is 13.5. The van der Waals surface area contributed by atoms with E-state index in [1.54, 1.807) is 6.07 Å². The highest BCUT2D eigenvalue weighted by Crippen LogP contribution is 2.27. The van der Waals surface area contributed by atoms with E-state index in [1.807, 2.05) is 19.1 Å². The van der Waals surface area contributed by atoms with Gasteiger partial charge >= 0.3 is 0 Å². The van der Waals surface area contributed by atoms with Crippen molar-refractivity contribution in [3.05, 3.63) is 51.7 Å². The van der Waals surface area contributed by atoms with Crippen LogP contribution in [-0.2, 0) is 6.54 Å². The van der Waals surface area contributed by atoms with Gasteiger partial charge in [-0.05, 0) is 48.3 Å². The summed E-state index contributed by atoms with van der Waals surface area (Å²) in [7, 11) is 0. The maximum Gasteiger partial charge on any atom is 0.251 e. The minimum atomic E-state index is -0.0759. The van der Waals surface area contributed by atoms with Crippen molar-refractivity contribution < 1.29 is 4.63 Å². The molecule has 0 unspecified atom stereocenters. The third kappa shape index (κ3) is 2.94. The van der Waals surface area contributed by atoms with Crippen molar-refractivity contribution in [1.29, 1.82) is 0 Å². The number of benzene rings is 1. The molecule has 7 heteroatoms. The van der Waals surface area contributed by atoms with Crippen LogP contribution in [0.4, 0.5) is 0 Å². The van der Waals surface area contributed by atoms with Gasteiger partial charge in [0.1, 0.15) is 16.9 Å². The van der Waals surface area contributed by atoms with Gasteiger partial charge in [0, 0.05) is 25.1 Å². The van der Waals surface area contributed by atoms with E-state index in [4.69, 9.17) is 4.63 Å². The van der Waals surface area contributed by atoms with Gasteiger partial charge in [-0.2, -0.15) is 0 Å². The van der Waals surface area contributed by atoms with Crippen molar-refractivity contribution in [2.24, 2.45) is 0 Å². The Bertz CT molecular complexity index is 916. The van der Waals surface area contributed by atoms with Crippen LogP contribution < -0.4 is 5.56 Å². The Morgan fingerprint density at radius 1 is 1.38 bits per heavy atom. The number of fused-ring (bicyclic) bond motifs is 1. The average Bonchev–Trinajstić information content (AvgIpc) is 3.04. The number of aryl methyl sites for hydroxylation is 1. The molecule has 24 heavy (non-hydrogen) atoms. The molecule has 1 atom stereocenters. The van der Waals surface area contributed by atoms with Gasteiger partial charge in [-0.3, -0.25) is 9.69 Å². The molecule has 0 spiro atoms. The highest BCUT2D eigenvalue weighted by molar-refractivity contribution is 5.76. The van der Waals surface area contributed by atoms with Crippen LogP contribution in [0.25, 0.3) is 11.0 Å². The molecule has 1 aliphatic rings. The molecule has 3 aromatic rings. The number of rotatable bonds is 3. The van der Waals surface area contributed by atoms with E-state index in [2.05, 4.69) is 31.2 Å². The summed E-state index contributed by atoms with van der Waals surface area (Å²) in [6, 6.07) is 7.57. The number of aromatic amines is 1. The highest BCUT2D eigenvalue weighted by Gasteiger charge is 2.23. The normalized spacial score (nSPS) is 19.0. The van der Waals surface area contributed by atoms with Gasteiger partial charge in [-0.15, -0.1) is 0 Å². The van der Waals surface area contributed by atoms with Gasteiger partial charge < -0.3 is 4.98 Å². The molecule has 1 aromatic carbocycles. The SMILES string of the molecule is Cc1nc([C@@H]2CCCN(Cc3cccc4nonc34)C2)cc(=O)[nH]1. The Morgan fingerprint density at radius 2 is 2.29 bits per heavy atom. The number of nitrogens with zero attached hydrogens (tertiary/aromatic N) is 4. The molecule has 0 saturated carbocycles. The summed E-state index contributed by atoms with van der Waals surface area (Å²) in [5.74, 6) is 0.961. The van der Waals surface area contributed by atoms with Crippen molar-refractivity contribution in [2.75, 3.05) is 13.1 Å². The standard InChI is InChI=1S/C17H19N5O2/c1-11-18-15(8-16(23)19-11)12-5-3-7-22(9-12)10-13-4-2-6-14-17(13)21-24-20-14/h2,4,6,8,12H,3,5,7,9-10H2,1H3,(H,18,19,23)/t12-/m1/s1. The second-order valence-electron chi connectivity index (χ2n) is 6.38. The lowest BCUT2D eigenvalue weighted by Gasteiger charge is -2.32. The lowest BCUT2D eigenvalue weighted by atomic mass is 9.94. The molecule has 0 amide bonds. The van der Waals surface area contributed by atoms with E-state index in [9.17, 15) is 4.79 Å². The van der Waals surface area contributed by atoms with Gasteiger partial charge in [0.25, 0.3) is 5.56 Å². The first kappa shape index (κ1) is 15.0. The van der Waals surface area contributed by atoms with Gasteiger partial charge in [0.15, 0.2) is 0 Å². The number of aromatic nitrogens is 4. The number of nitrogens with one attached hydrogen (secondary N) is 1. The fraction of sp³-hybridized carbons (Fsp3) is 0.412. The van der Waals surface area contributed by atoms with E-state index in [0.717, 1.165) is 54.8 Å². The molecule has 7 nitrogen and oxygen atoms in total. The third-order valence-electron chi connectivity index (χ3n) is 4.57. The zero-order valence-electron chi connectivity index (χ0n) is 13.5. The van der Waals surface area contributed by atoms with Crippen molar-refractivity contribution in [1.82, 2.24) is 25.2 Å². The summed E-state index contributed by atoms with van der Waals surface area (Å²) < 4.78 is 4.84. The average molecular weight is 325 g/mol. The van der Waals surface area contributed by atoms with Crippen LogP contribution >= 0.6 is 0 Å². The molecule has 0 aliphatic carbocycles. The van der Waals surface area contributed by atoms with Crippen molar-refractivity contribution >= 4 is 11.0 Å². The molecule has 0 bridgehead atoms. The van der Waals surface area contributed by atoms with Crippen LogP contribution in [0.5, 0.6) is 0 Å². The molecule has 3 heterocycles. The summed E-state index contributed by atoms with van der Waals surface area (Å²) in [6.07, 6.45) is 2.15. The van der Waals surface area contributed by atoms with Gasteiger partial charge in [-0.25, -0.2) is 9.61 Å². The van der Waals surface area contributed by atoms with E-state index in [0.29, 0.717) is 5.82 Å². The van der Waals surface area contributed by atoms with E-state index < -0.39 is 0 Å². The van der Waals surface area contributed by atoms with E-state index in [1.165, 1.54) is 0 Å². The lowest BCUT2D eigenvalue weighted by Crippen LogP contribution is -2.34. The van der Waals surface area contributed by atoms with Crippen LogP contribution in [0.3, 0.4) is 0 Å². The number of H-pyrrole nitrogens is 1. The molecule has 1 N–H and O–H groups in total. The molecule has 1 aliphatic heterocycles. The molecular formula is C17H19N5O2. The van der Waals surface area contributed by atoms with E-state index in [-0.39, 0.29) is 11.5 Å².